The molecular formula is C18H24N2O2. The number of fused-ring (bicyclic) bond motifs is 1. The monoisotopic (exact) mass is 300 g/mol. The van der Waals surface area contributed by atoms with Gasteiger partial charge in [0.1, 0.15) is 5.76 Å². The Bertz CT molecular complexity index is 578. The van der Waals surface area contributed by atoms with E-state index < -0.39 is 0 Å². The molecule has 4 saturated carbocycles. The third kappa shape index (κ3) is 1.95. The smallest absolute Gasteiger partial charge is 0.274 e. The normalized spacial score (nSPS) is 38.8. The van der Waals surface area contributed by atoms with E-state index in [1.54, 1.807) is 0 Å². The number of carbonyl (C=O) groups is 1. The molecule has 1 aromatic heterocycles. The van der Waals surface area contributed by atoms with Crippen molar-refractivity contribution in [3.8, 4) is 0 Å². The molecule has 4 nitrogen and oxygen atoms in total. The average Bonchev–Trinajstić information content (AvgIpc) is 2.94. The number of amides is 1. The van der Waals surface area contributed by atoms with Crippen molar-refractivity contribution in [1.82, 2.24) is 10.5 Å². The highest BCUT2D eigenvalue weighted by Gasteiger charge is 2.48. The van der Waals surface area contributed by atoms with Gasteiger partial charge < -0.3 is 9.84 Å². The molecule has 0 atom stereocenters. The summed E-state index contributed by atoms with van der Waals surface area (Å²) in [6, 6.07) is 0.385. The molecule has 0 unspecified atom stereocenters. The summed E-state index contributed by atoms with van der Waals surface area (Å²) < 4.78 is 5.40. The van der Waals surface area contributed by atoms with Gasteiger partial charge in [0.25, 0.3) is 5.91 Å². The second-order valence-corrected chi connectivity index (χ2v) is 8.07. The fourth-order valence-corrected chi connectivity index (χ4v) is 5.94. The number of aryl methyl sites for hydroxylation is 1. The molecular weight excluding hydrogens is 276 g/mol. The van der Waals surface area contributed by atoms with E-state index in [0.717, 1.165) is 48.8 Å². The predicted octanol–water partition coefficient (Wildman–Crippen LogP) is 3.11. The van der Waals surface area contributed by atoms with Crippen LogP contribution in [0.1, 0.15) is 66.8 Å². The Labute approximate surface area is 131 Å². The lowest BCUT2D eigenvalue weighted by molar-refractivity contribution is -0.0120. The van der Waals surface area contributed by atoms with Crippen molar-refractivity contribution in [3.63, 3.8) is 0 Å². The van der Waals surface area contributed by atoms with Crippen LogP contribution in [0.25, 0.3) is 0 Å². The van der Waals surface area contributed by atoms with Crippen LogP contribution in [0.3, 0.4) is 0 Å². The molecule has 5 aliphatic carbocycles. The molecule has 1 aromatic rings. The van der Waals surface area contributed by atoms with Crippen molar-refractivity contribution in [2.45, 2.75) is 63.8 Å². The van der Waals surface area contributed by atoms with Crippen LogP contribution >= 0.6 is 0 Å². The van der Waals surface area contributed by atoms with Crippen LogP contribution in [-0.4, -0.2) is 17.1 Å². The van der Waals surface area contributed by atoms with Crippen LogP contribution in [-0.2, 0) is 12.8 Å². The minimum Gasteiger partial charge on any atom is -0.360 e. The average molecular weight is 300 g/mol. The number of nitrogens with zero attached hydrogens (tertiary/aromatic N) is 1. The van der Waals surface area contributed by atoms with Crippen molar-refractivity contribution in [1.29, 1.82) is 0 Å². The molecule has 6 rings (SSSR count). The first-order valence-electron chi connectivity index (χ1n) is 9.06. The molecule has 118 valence electrons. The molecule has 4 bridgehead atoms. The highest BCUT2D eigenvalue weighted by molar-refractivity contribution is 5.94. The molecule has 4 heteroatoms. The van der Waals surface area contributed by atoms with Gasteiger partial charge >= 0.3 is 0 Å². The Morgan fingerprint density at radius 1 is 1.00 bits per heavy atom. The molecule has 1 amide bonds. The highest BCUT2D eigenvalue weighted by atomic mass is 16.5. The van der Waals surface area contributed by atoms with E-state index in [4.69, 9.17) is 4.52 Å². The first-order chi connectivity index (χ1) is 10.8. The van der Waals surface area contributed by atoms with Gasteiger partial charge in [-0.3, -0.25) is 4.79 Å². The minimum absolute atomic E-state index is 0.0179. The lowest BCUT2D eigenvalue weighted by Crippen LogP contribution is -2.55. The summed E-state index contributed by atoms with van der Waals surface area (Å²) >= 11 is 0. The summed E-state index contributed by atoms with van der Waals surface area (Å²) in [6.07, 6.45) is 10.9. The zero-order chi connectivity index (χ0) is 14.7. The van der Waals surface area contributed by atoms with Gasteiger partial charge in [-0.2, -0.15) is 0 Å². The Balaban J connectivity index is 1.36. The standard InChI is InChI=1S/C18H24N2O2/c21-18(17-14-3-1-2-4-15(14)22-20-17)19-16-12-6-10-5-11(8-12)9-13(16)7-10/h10-13,16H,1-9H2,(H,19,21). The SMILES string of the molecule is O=C(NC1C2CC3CC(C2)CC1C3)c1noc2c1CCCC2. The minimum atomic E-state index is 0.0179. The zero-order valence-corrected chi connectivity index (χ0v) is 13.0. The fourth-order valence-electron chi connectivity index (χ4n) is 5.94. The summed E-state index contributed by atoms with van der Waals surface area (Å²) in [6.45, 7) is 0. The van der Waals surface area contributed by atoms with Crippen LogP contribution < -0.4 is 5.32 Å². The number of carbonyl (C=O) groups excluding carboxylic acids is 1. The molecule has 0 aromatic carbocycles. The van der Waals surface area contributed by atoms with E-state index in [1.165, 1.54) is 32.1 Å². The van der Waals surface area contributed by atoms with Crippen LogP contribution in [0, 0.1) is 23.7 Å². The van der Waals surface area contributed by atoms with Gasteiger partial charge in [0.15, 0.2) is 5.69 Å². The first kappa shape index (κ1) is 13.1. The summed E-state index contributed by atoms with van der Waals surface area (Å²) in [5, 5.41) is 7.45. The van der Waals surface area contributed by atoms with Crippen molar-refractivity contribution in [2.24, 2.45) is 23.7 Å². The summed E-state index contributed by atoms with van der Waals surface area (Å²) in [7, 11) is 0. The molecule has 1 N–H and O–H groups in total. The Morgan fingerprint density at radius 2 is 1.68 bits per heavy atom. The zero-order valence-electron chi connectivity index (χ0n) is 13.0. The Morgan fingerprint density at radius 3 is 2.41 bits per heavy atom. The van der Waals surface area contributed by atoms with Gasteiger partial charge in [0.05, 0.1) is 0 Å². The van der Waals surface area contributed by atoms with Crippen LogP contribution in [0.2, 0.25) is 0 Å². The molecule has 5 aliphatic rings. The first-order valence-corrected chi connectivity index (χ1v) is 9.06. The summed E-state index contributed by atoms with van der Waals surface area (Å²) in [4.78, 5) is 12.7. The van der Waals surface area contributed by atoms with E-state index in [1.807, 2.05) is 0 Å². The van der Waals surface area contributed by atoms with E-state index in [2.05, 4.69) is 10.5 Å². The van der Waals surface area contributed by atoms with E-state index in [-0.39, 0.29) is 5.91 Å². The van der Waals surface area contributed by atoms with Gasteiger partial charge in [-0.25, -0.2) is 0 Å². The van der Waals surface area contributed by atoms with Crippen LogP contribution in [0.4, 0.5) is 0 Å². The fraction of sp³-hybridized carbons (Fsp3) is 0.778. The Hall–Kier alpha value is -1.32. The quantitative estimate of drug-likeness (QED) is 0.913. The summed E-state index contributed by atoms with van der Waals surface area (Å²) in [5.74, 6) is 4.27. The molecule has 4 fully saturated rings. The maximum atomic E-state index is 12.7. The lowest BCUT2D eigenvalue weighted by atomic mass is 9.54. The summed E-state index contributed by atoms with van der Waals surface area (Å²) in [5.41, 5.74) is 1.65. The van der Waals surface area contributed by atoms with Crippen molar-refractivity contribution in [3.05, 3.63) is 17.0 Å². The predicted molar refractivity (Wildman–Crippen MR) is 81.4 cm³/mol. The number of rotatable bonds is 2. The second kappa shape index (κ2) is 4.84. The number of hydrogen-bond donors (Lipinski definition) is 1. The highest BCUT2D eigenvalue weighted by Crippen LogP contribution is 2.53. The molecule has 0 saturated heterocycles. The van der Waals surface area contributed by atoms with Crippen molar-refractivity contribution in [2.75, 3.05) is 0 Å². The third-order valence-electron chi connectivity index (χ3n) is 6.69. The van der Waals surface area contributed by atoms with E-state index in [0.29, 0.717) is 23.6 Å². The van der Waals surface area contributed by atoms with Gasteiger partial charge in [-0.1, -0.05) is 5.16 Å². The maximum absolute atomic E-state index is 12.7. The molecule has 0 spiro atoms. The Kier molecular flexibility index (Phi) is 2.89. The number of aromatic nitrogens is 1. The third-order valence-corrected chi connectivity index (χ3v) is 6.69. The molecule has 0 radical (unpaired) electrons. The molecule has 22 heavy (non-hydrogen) atoms. The van der Waals surface area contributed by atoms with Crippen LogP contribution in [0.5, 0.6) is 0 Å². The molecule has 1 heterocycles. The maximum Gasteiger partial charge on any atom is 0.274 e. The molecule has 0 aliphatic heterocycles. The number of hydrogen-bond acceptors (Lipinski definition) is 3. The van der Waals surface area contributed by atoms with Gasteiger partial charge in [0, 0.05) is 18.0 Å². The van der Waals surface area contributed by atoms with Gasteiger partial charge in [-0.05, 0) is 75.0 Å². The van der Waals surface area contributed by atoms with E-state index in [9.17, 15) is 4.79 Å². The van der Waals surface area contributed by atoms with E-state index >= 15 is 0 Å². The second-order valence-electron chi connectivity index (χ2n) is 8.07. The lowest BCUT2D eigenvalue weighted by Gasteiger charge is -2.54. The topological polar surface area (TPSA) is 55.1 Å². The van der Waals surface area contributed by atoms with Crippen molar-refractivity contribution >= 4 is 5.91 Å². The largest absolute Gasteiger partial charge is 0.360 e. The van der Waals surface area contributed by atoms with Gasteiger partial charge in [-0.15, -0.1) is 0 Å². The van der Waals surface area contributed by atoms with Gasteiger partial charge in [0.2, 0.25) is 0 Å². The number of nitrogens with one attached hydrogen (secondary N) is 1. The van der Waals surface area contributed by atoms with Crippen LogP contribution in [0.15, 0.2) is 4.52 Å². The van der Waals surface area contributed by atoms with Crippen molar-refractivity contribution < 1.29 is 9.32 Å².